The van der Waals surface area contributed by atoms with Gasteiger partial charge in [-0.1, -0.05) is 0 Å². The molecule has 2 unspecified atom stereocenters. The van der Waals surface area contributed by atoms with Gasteiger partial charge in [0, 0.05) is 19.3 Å². The Labute approximate surface area is 61.2 Å². The predicted molar refractivity (Wildman–Crippen MR) is 38.6 cm³/mol. The lowest BCUT2D eigenvalue weighted by Gasteiger charge is -2.27. The highest BCUT2D eigenvalue weighted by Crippen LogP contribution is 2.15. The highest BCUT2D eigenvalue weighted by atomic mass is 16.5. The van der Waals surface area contributed by atoms with Gasteiger partial charge in [0.2, 0.25) is 0 Å². The van der Waals surface area contributed by atoms with Crippen molar-refractivity contribution in [2.24, 2.45) is 11.7 Å². The first-order valence-electron chi connectivity index (χ1n) is 3.78. The number of hydrogen-bond donors (Lipinski definition) is 2. The molecule has 0 spiro atoms. The molecule has 0 aromatic rings. The summed E-state index contributed by atoms with van der Waals surface area (Å²) >= 11 is 0. The second-order valence-electron chi connectivity index (χ2n) is 2.80. The summed E-state index contributed by atoms with van der Waals surface area (Å²) < 4.78 is 5.21. The monoisotopic (exact) mass is 145 g/mol. The normalized spacial score (nSPS) is 34.2. The molecule has 1 aliphatic rings. The van der Waals surface area contributed by atoms with Gasteiger partial charge in [-0.3, -0.25) is 0 Å². The molecule has 1 fully saturated rings. The molecular weight excluding hydrogens is 130 g/mol. The second kappa shape index (κ2) is 3.91. The van der Waals surface area contributed by atoms with Gasteiger partial charge in [-0.25, -0.2) is 0 Å². The van der Waals surface area contributed by atoms with Crippen LogP contribution in [0, 0.1) is 5.92 Å². The van der Waals surface area contributed by atoms with Gasteiger partial charge in [-0.15, -0.1) is 0 Å². The van der Waals surface area contributed by atoms with Crippen LogP contribution in [0.2, 0.25) is 0 Å². The van der Waals surface area contributed by atoms with Crippen LogP contribution < -0.4 is 5.73 Å². The quantitative estimate of drug-likeness (QED) is 0.562. The standard InChI is InChI=1S/C7H15NO2/c8-7-2-4-10-5-6(7)1-3-9/h6-7,9H,1-5,8H2. The minimum absolute atomic E-state index is 0.224. The average Bonchev–Trinajstić information content (AvgIpc) is 1.94. The van der Waals surface area contributed by atoms with Gasteiger partial charge in [-0.2, -0.15) is 0 Å². The zero-order chi connectivity index (χ0) is 7.40. The van der Waals surface area contributed by atoms with E-state index in [4.69, 9.17) is 15.6 Å². The zero-order valence-electron chi connectivity index (χ0n) is 6.12. The molecule has 1 aliphatic heterocycles. The van der Waals surface area contributed by atoms with Crippen LogP contribution in [-0.4, -0.2) is 31.0 Å². The molecule has 3 heteroatoms. The van der Waals surface area contributed by atoms with Crippen LogP contribution >= 0.6 is 0 Å². The Morgan fingerprint density at radius 2 is 2.40 bits per heavy atom. The van der Waals surface area contributed by atoms with Crippen molar-refractivity contribution in [3.05, 3.63) is 0 Å². The molecule has 60 valence electrons. The summed E-state index contributed by atoms with van der Waals surface area (Å²) in [6, 6.07) is 0.237. The third kappa shape index (κ3) is 1.94. The van der Waals surface area contributed by atoms with Crippen molar-refractivity contribution in [3.8, 4) is 0 Å². The van der Waals surface area contributed by atoms with E-state index in [1.165, 1.54) is 0 Å². The van der Waals surface area contributed by atoms with Crippen LogP contribution in [0.4, 0.5) is 0 Å². The molecule has 0 saturated carbocycles. The van der Waals surface area contributed by atoms with E-state index in [9.17, 15) is 0 Å². The summed E-state index contributed by atoms with van der Waals surface area (Å²) in [6.45, 7) is 1.73. The van der Waals surface area contributed by atoms with E-state index in [-0.39, 0.29) is 12.6 Å². The molecule has 0 bridgehead atoms. The van der Waals surface area contributed by atoms with Crippen molar-refractivity contribution in [2.45, 2.75) is 18.9 Å². The van der Waals surface area contributed by atoms with E-state index < -0.39 is 0 Å². The summed E-state index contributed by atoms with van der Waals surface area (Å²) in [5.41, 5.74) is 5.77. The van der Waals surface area contributed by atoms with Crippen molar-refractivity contribution in [1.29, 1.82) is 0 Å². The number of aliphatic hydroxyl groups excluding tert-OH is 1. The van der Waals surface area contributed by atoms with Crippen LogP contribution in [0.5, 0.6) is 0 Å². The lowest BCUT2D eigenvalue weighted by atomic mass is 9.94. The molecule has 1 heterocycles. The number of nitrogens with two attached hydrogens (primary N) is 1. The maximum Gasteiger partial charge on any atom is 0.0509 e. The average molecular weight is 145 g/mol. The minimum Gasteiger partial charge on any atom is -0.396 e. The van der Waals surface area contributed by atoms with Crippen molar-refractivity contribution in [3.63, 3.8) is 0 Å². The second-order valence-corrected chi connectivity index (χ2v) is 2.80. The Bertz CT molecular complexity index is 95.6. The van der Waals surface area contributed by atoms with Gasteiger partial charge >= 0.3 is 0 Å². The Morgan fingerprint density at radius 1 is 1.60 bits per heavy atom. The third-order valence-electron chi connectivity index (χ3n) is 2.03. The number of ether oxygens (including phenoxy) is 1. The van der Waals surface area contributed by atoms with Crippen LogP contribution in [-0.2, 0) is 4.74 Å². The first kappa shape index (κ1) is 7.98. The van der Waals surface area contributed by atoms with Crippen molar-refractivity contribution in [2.75, 3.05) is 19.8 Å². The van der Waals surface area contributed by atoms with Crippen LogP contribution in [0.15, 0.2) is 0 Å². The lowest BCUT2D eigenvalue weighted by Crippen LogP contribution is -2.38. The summed E-state index contributed by atoms with van der Waals surface area (Å²) in [5, 5.41) is 8.63. The van der Waals surface area contributed by atoms with Crippen molar-refractivity contribution in [1.82, 2.24) is 0 Å². The summed E-state index contributed by atoms with van der Waals surface area (Å²) in [5.74, 6) is 0.374. The predicted octanol–water partition coefficient (Wildman–Crippen LogP) is -0.267. The van der Waals surface area contributed by atoms with Crippen LogP contribution in [0.1, 0.15) is 12.8 Å². The Hall–Kier alpha value is -0.120. The van der Waals surface area contributed by atoms with E-state index in [1.807, 2.05) is 0 Å². The molecule has 0 radical (unpaired) electrons. The molecule has 1 saturated heterocycles. The molecule has 1 rings (SSSR count). The van der Waals surface area contributed by atoms with E-state index in [0.29, 0.717) is 5.92 Å². The first-order chi connectivity index (χ1) is 4.84. The fourth-order valence-corrected chi connectivity index (χ4v) is 1.28. The number of hydrogen-bond acceptors (Lipinski definition) is 3. The van der Waals surface area contributed by atoms with Gasteiger partial charge < -0.3 is 15.6 Å². The molecule has 3 N–H and O–H groups in total. The Balaban J connectivity index is 2.25. The Morgan fingerprint density at radius 3 is 3.00 bits per heavy atom. The molecule has 0 amide bonds. The van der Waals surface area contributed by atoms with Gasteiger partial charge in [0.1, 0.15) is 0 Å². The molecule has 2 atom stereocenters. The smallest absolute Gasteiger partial charge is 0.0509 e. The highest BCUT2D eigenvalue weighted by molar-refractivity contribution is 4.75. The molecule has 0 aromatic carbocycles. The molecule has 0 aromatic heterocycles. The lowest BCUT2D eigenvalue weighted by molar-refractivity contribution is 0.0320. The molecule has 3 nitrogen and oxygen atoms in total. The largest absolute Gasteiger partial charge is 0.396 e. The molecule has 10 heavy (non-hydrogen) atoms. The van der Waals surface area contributed by atoms with E-state index in [1.54, 1.807) is 0 Å². The van der Waals surface area contributed by atoms with Crippen LogP contribution in [0.3, 0.4) is 0 Å². The van der Waals surface area contributed by atoms with Gasteiger partial charge in [0.15, 0.2) is 0 Å². The third-order valence-corrected chi connectivity index (χ3v) is 2.03. The number of rotatable bonds is 2. The van der Waals surface area contributed by atoms with Gasteiger partial charge in [-0.05, 0) is 18.8 Å². The van der Waals surface area contributed by atoms with E-state index in [2.05, 4.69) is 0 Å². The maximum absolute atomic E-state index is 8.63. The van der Waals surface area contributed by atoms with Gasteiger partial charge in [0.05, 0.1) is 6.61 Å². The topological polar surface area (TPSA) is 55.5 Å². The first-order valence-corrected chi connectivity index (χ1v) is 3.78. The fourth-order valence-electron chi connectivity index (χ4n) is 1.28. The molecule has 0 aliphatic carbocycles. The number of aliphatic hydroxyl groups is 1. The highest BCUT2D eigenvalue weighted by Gasteiger charge is 2.21. The summed E-state index contributed by atoms with van der Waals surface area (Å²) in [7, 11) is 0. The summed E-state index contributed by atoms with van der Waals surface area (Å²) in [6.07, 6.45) is 1.71. The van der Waals surface area contributed by atoms with Crippen molar-refractivity contribution < 1.29 is 9.84 Å². The van der Waals surface area contributed by atoms with Gasteiger partial charge in [0.25, 0.3) is 0 Å². The van der Waals surface area contributed by atoms with E-state index >= 15 is 0 Å². The van der Waals surface area contributed by atoms with E-state index in [0.717, 1.165) is 26.1 Å². The maximum atomic E-state index is 8.63. The Kier molecular flexibility index (Phi) is 3.12. The molecular formula is C7H15NO2. The summed E-state index contributed by atoms with van der Waals surface area (Å²) in [4.78, 5) is 0. The van der Waals surface area contributed by atoms with Crippen molar-refractivity contribution >= 4 is 0 Å². The zero-order valence-corrected chi connectivity index (χ0v) is 6.12. The minimum atomic E-state index is 0.224. The van der Waals surface area contributed by atoms with Crippen LogP contribution in [0.25, 0.3) is 0 Å². The fraction of sp³-hybridized carbons (Fsp3) is 1.00. The SMILES string of the molecule is NC1CCOCC1CCO.